The zero-order chi connectivity index (χ0) is 17.7. The van der Waals surface area contributed by atoms with E-state index in [4.69, 9.17) is 4.74 Å². The van der Waals surface area contributed by atoms with Gasteiger partial charge in [-0.3, -0.25) is 4.79 Å². The molecule has 5 nitrogen and oxygen atoms in total. The number of benzene rings is 2. The Kier molecular flexibility index (Phi) is 5.58. The van der Waals surface area contributed by atoms with Crippen LogP contribution in [0.2, 0.25) is 0 Å². The Labute approximate surface area is 141 Å². The van der Waals surface area contributed by atoms with Gasteiger partial charge >= 0.3 is 5.97 Å². The first kappa shape index (κ1) is 17.5. The third kappa shape index (κ3) is 3.93. The van der Waals surface area contributed by atoms with Gasteiger partial charge in [0.2, 0.25) is 5.91 Å². The molecule has 2 aromatic rings. The molecule has 1 amide bonds. The van der Waals surface area contributed by atoms with Crippen LogP contribution in [0.3, 0.4) is 0 Å². The number of methoxy groups -OCH3 is 1. The van der Waals surface area contributed by atoms with Crippen molar-refractivity contribution in [2.45, 2.75) is 26.3 Å². The van der Waals surface area contributed by atoms with Gasteiger partial charge in [-0.15, -0.1) is 0 Å². The molecule has 0 bridgehead atoms. The van der Waals surface area contributed by atoms with Gasteiger partial charge in [-0.05, 0) is 36.6 Å². The Balaban J connectivity index is 2.20. The Hall–Kier alpha value is -2.82. The average Bonchev–Trinajstić information content (AvgIpc) is 2.56. The van der Waals surface area contributed by atoms with Crippen molar-refractivity contribution in [2.24, 2.45) is 0 Å². The molecule has 1 atom stereocenters. The van der Waals surface area contributed by atoms with Gasteiger partial charge in [0.1, 0.15) is 5.75 Å². The monoisotopic (exact) mass is 327 g/mol. The van der Waals surface area contributed by atoms with E-state index in [0.717, 1.165) is 11.1 Å². The Morgan fingerprint density at radius 1 is 1.12 bits per heavy atom. The second-order valence-corrected chi connectivity index (χ2v) is 5.62. The largest absolute Gasteiger partial charge is 0.496 e. The molecule has 126 valence electrons. The van der Waals surface area contributed by atoms with E-state index < -0.39 is 12.0 Å². The SMILES string of the molecule is COc1ccccc1CC(=O)NC(C(=O)O)c1cccc(C)c1C. The molecule has 0 saturated carbocycles. The summed E-state index contributed by atoms with van der Waals surface area (Å²) < 4.78 is 5.22. The summed E-state index contributed by atoms with van der Waals surface area (Å²) in [5.41, 5.74) is 3.15. The molecule has 0 aromatic heterocycles. The normalized spacial score (nSPS) is 11.6. The molecule has 0 heterocycles. The summed E-state index contributed by atoms with van der Waals surface area (Å²) in [6.07, 6.45) is 0.0542. The second kappa shape index (κ2) is 7.64. The maximum atomic E-state index is 12.3. The summed E-state index contributed by atoms with van der Waals surface area (Å²) in [5, 5.41) is 12.1. The van der Waals surface area contributed by atoms with E-state index in [1.165, 1.54) is 7.11 Å². The van der Waals surface area contributed by atoms with Crippen LogP contribution < -0.4 is 10.1 Å². The summed E-state index contributed by atoms with van der Waals surface area (Å²) in [6, 6.07) is 11.5. The smallest absolute Gasteiger partial charge is 0.330 e. The molecule has 0 spiro atoms. The number of aliphatic carboxylic acids is 1. The van der Waals surface area contributed by atoms with E-state index in [1.807, 2.05) is 32.0 Å². The lowest BCUT2D eigenvalue weighted by Gasteiger charge is -2.18. The van der Waals surface area contributed by atoms with E-state index in [9.17, 15) is 14.7 Å². The van der Waals surface area contributed by atoms with E-state index >= 15 is 0 Å². The zero-order valence-corrected chi connectivity index (χ0v) is 14.0. The van der Waals surface area contributed by atoms with Crippen LogP contribution in [-0.2, 0) is 16.0 Å². The van der Waals surface area contributed by atoms with Gasteiger partial charge in [0.15, 0.2) is 6.04 Å². The van der Waals surface area contributed by atoms with Crippen molar-refractivity contribution in [3.8, 4) is 5.75 Å². The maximum absolute atomic E-state index is 12.3. The number of para-hydroxylation sites is 1. The molecule has 0 aliphatic heterocycles. The van der Waals surface area contributed by atoms with Crippen LogP contribution in [0.5, 0.6) is 5.75 Å². The van der Waals surface area contributed by atoms with Crippen LogP contribution in [0, 0.1) is 13.8 Å². The van der Waals surface area contributed by atoms with E-state index in [1.54, 1.807) is 24.3 Å². The highest BCUT2D eigenvalue weighted by atomic mass is 16.5. The molecule has 2 rings (SSSR count). The van der Waals surface area contributed by atoms with Crippen molar-refractivity contribution in [3.63, 3.8) is 0 Å². The molecule has 2 N–H and O–H groups in total. The van der Waals surface area contributed by atoms with Crippen LogP contribution in [0.1, 0.15) is 28.3 Å². The second-order valence-electron chi connectivity index (χ2n) is 5.62. The number of hydrogen-bond donors (Lipinski definition) is 2. The molecule has 0 fully saturated rings. The zero-order valence-electron chi connectivity index (χ0n) is 14.0. The minimum absolute atomic E-state index is 0.0542. The number of carbonyl (C=O) groups is 2. The first-order valence-corrected chi connectivity index (χ1v) is 7.64. The number of rotatable bonds is 6. The van der Waals surface area contributed by atoms with E-state index in [0.29, 0.717) is 16.9 Å². The van der Waals surface area contributed by atoms with Crippen LogP contribution in [0.15, 0.2) is 42.5 Å². The predicted molar refractivity (Wildman–Crippen MR) is 91.1 cm³/mol. The van der Waals surface area contributed by atoms with Crippen LogP contribution in [-0.4, -0.2) is 24.1 Å². The topological polar surface area (TPSA) is 75.6 Å². The number of carbonyl (C=O) groups excluding carboxylic acids is 1. The number of nitrogens with one attached hydrogen (secondary N) is 1. The molecule has 2 aromatic carbocycles. The molecule has 0 saturated heterocycles. The molecule has 1 unspecified atom stereocenters. The van der Waals surface area contributed by atoms with Crippen molar-refractivity contribution < 1.29 is 19.4 Å². The number of carboxylic acids is 1. The minimum atomic E-state index is -1.09. The third-order valence-corrected chi connectivity index (χ3v) is 4.05. The fourth-order valence-electron chi connectivity index (χ4n) is 2.59. The quantitative estimate of drug-likeness (QED) is 0.855. The predicted octanol–water partition coefficient (Wildman–Crippen LogP) is 2.80. The van der Waals surface area contributed by atoms with Crippen molar-refractivity contribution in [3.05, 3.63) is 64.7 Å². The third-order valence-electron chi connectivity index (χ3n) is 4.05. The van der Waals surface area contributed by atoms with Crippen LogP contribution in [0.25, 0.3) is 0 Å². The van der Waals surface area contributed by atoms with E-state index in [-0.39, 0.29) is 12.3 Å². The highest BCUT2D eigenvalue weighted by Crippen LogP contribution is 2.22. The minimum Gasteiger partial charge on any atom is -0.496 e. The lowest BCUT2D eigenvalue weighted by atomic mass is 9.97. The Bertz CT molecular complexity index is 755. The van der Waals surface area contributed by atoms with Crippen LogP contribution >= 0.6 is 0 Å². The number of amides is 1. The van der Waals surface area contributed by atoms with Crippen molar-refractivity contribution in [1.29, 1.82) is 0 Å². The highest BCUT2D eigenvalue weighted by Gasteiger charge is 2.24. The number of aryl methyl sites for hydroxylation is 1. The maximum Gasteiger partial charge on any atom is 0.330 e. The van der Waals surface area contributed by atoms with Crippen molar-refractivity contribution in [1.82, 2.24) is 5.32 Å². The highest BCUT2D eigenvalue weighted by molar-refractivity contribution is 5.86. The molecular weight excluding hydrogens is 306 g/mol. The van der Waals surface area contributed by atoms with Crippen molar-refractivity contribution >= 4 is 11.9 Å². The first-order chi connectivity index (χ1) is 11.4. The fourth-order valence-corrected chi connectivity index (χ4v) is 2.59. The molecule has 0 aliphatic rings. The van der Waals surface area contributed by atoms with Gasteiger partial charge in [-0.1, -0.05) is 36.4 Å². The summed E-state index contributed by atoms with van der Waals surface area (Å²) in [7, 11) is 1.53. The van der Waals surface area contributed by atoms with Crippen LogP contribution in [0.4, 0.5) is 0 Å². The number of carboxylic acid groups (broad SMARTS) is 1. The van der Waals surface area contributed by atoms with E-state index in [2.05, 4.69) is 5.32 Å². The van der Waals surface area contributed by atoms with Gasteiger partial charge in [-0.25, -0.2) is 4.79 Å². The van der Waals surface area contributed by atoms with Gasteiger partial charge in [-0.2, -0.15) is 0 Å². The lowest BCUT2D eigenvalue weighted by molar-refractivity contribution is -0.142. The van der Waals surface area contributed by atoms with Gasteiger partial charge in [0.05, 0.1) is 13.5 Å². The fraction of sp³-hybridized carbons (Fsp3) is 0.263. The molecule has 0 aliphatic carbocycles. The Morgan fingerprint density at radius 3 is 2.50 bits per heavy atom. The lowest BCUT2D eigenvalue weighted by Crippen LogP contribution is -2.35. The summed E-state index contributed by atoms with van der Waals surface area (Å²) in [5.74, 6) is -0.851. The molecular formula is C19H21NO4. The Morgan fingerprint density at radius 2 is 1.83 bits per heavy atom. The van der Waals surface area contributed by atoms with Gasteiger partial charge in [0, 0.05) is 5.56 Å². The van der Waals surface area contributed by atoms with Gasteiger partial charge < -0.3 is 15.2 Å². The molecule has 0 radical (unpaired) electrons. The first-order valence-electron chi connectivity index (χ1n) is 7.64. The molecule has 24 heavy (non-hydrogen) atoms. The summed E-state index contributed by atoms with van der Waals surface area (Å²) in [6.45, 7) is 3.77. The number of ether oxygens (including phenoxy) is 1. The molecule has 5 heteroatoms. The standard InChI is InChI=1S/C19H21NO4/c1-12-7-6-9-15(13(12)2)18(19(22)23)20-17(21)11-14-8-4-5-10-16(14)24-3/h4-10,18H,11H2,1-3H3,(H,20,21)(H,22,23). The summed E-state index contributed by atoms with van der Waals surface area (Å²) >= 11 is 0. The van der Waals surface area contributed by atoms with Gasteiger partial charge in [0.25, 0.3) is 0 Å². The number of hydrogen-bond acceptors (Lipinski definition) is 3. The van der Waals surface area contributed by atoms with Crippen molar-refractivity contribution in [2.75, 3.05) is 7.11 Å². The average molecular weight is 327 g/mol. The summed E-state index contributed by atoms with van der Waals surface area (Å²) in [4.78, 5) is 24.0.